The molecule has 0 fully saturated rings. The van der Waals surface area contributed by atoms with Crippen LogP contribution in [-0.4, -0.2) is 0 Å². The van der Waals surface area contributed by atoms with Gasteiger partial charge in [-0.05, 0) is 291 Å². The molecule has 0 unspecified atom stereocenters. The van der Waals surface area contributed by atoms with E-state index in [9.17, 15) is 0 Å². The molecule has 0 saturated carbocycles. The van der Waals surface area contributed by atoms with Crippen molar-refractivity contribution in [3.8, 4) is 145 Å². The Morgan fingerprint density at radius 3 is 0.737 bits per heavy atom. The Labute approximate surface area is 789 Å². The van der Waals surface area contributed by atoms with Gasteiger partial charge in [-0.15, -0.1) is 0 Å². The Kier molecular flexibility index (Phi) is 17.8. The monoisotopic (exact) mass is 1740 g/mol. The quantitative estimate of drug-likeness (QED) is 0.108. The van der Waals surface area contributed by atoms with Crippen molar-refractivity contribution in [3.05, 3.63) is 485 Å². The molecule has 0 saturated heterocycles. The zero-order valence-corrected chi connectivity index (χ0v) is 74.4. The SMILES string of the molecule is c1ccc(-c2ccc(-c3c4ccccc4c(-c4ccc(-c5ccc(-c6ccc(-c7c8ccccc8c(-c8ccc(-c9ccc(-c%10c%11ccccc%11c(-c%11ccc%12ccccc%12c%11)c%11cc(-c%12cccc%13oc%14ccccc%14c%12%13)ccc%10%11)cc9)cc8)c8cc(-c9cccc%10oc%11ccccc%11c9%10)ccc78)c7ccccc67)cc5)cc4)c4cc(-c5cccc6oc7ccccc7c56)ccc34)cc2)cc1. The second kappa shape index (κ2) is 31.3. The summed E-state index contributed by atoms with van der Waals surface area (Å²) in [7, 11) is 0. The molecule has 0 amide bonds. The fraction of sp³-hybridized carbons (Fsp3) is 0. The van der Waals surface area contributed by atoms with Crippen LogP contribution in [0.15, 0.2) is 499 Å². The van der Waals surface area contributed by atoms with Crippen LogP contribution in [-0.2, 0) is 0 Å². The number of furan rings is 3. The molecule has 28 rings (SSSR count). The fourth-order valence-electron chi connectivity index (χ4n) is 22.8. The van der Waals surface area contributed by atoms with E-state index >= 15 is 0 Å². The highest BCUT2D eigenvalue weighted by Gasteiger charge is 2.27. The van der Waals surface area contributed by atoms with Crippen LogP contribution >= 0.6 is 0 Å². The average molecular weight is 1740 g/mol. The molecule has 0 N–H and O–H groups in total. The van der Waals surface area contributed by atoms with Gasteiger partial charge < -0.3 is 13.3 Å². The lowest BCUT2D eigenvalue weighted by atomic mass is 9.82. The minimum atomic E-state index is 0.870. The van der Waals surface area contributed by atoms with Crippen LogP contribution in [0.5, 0.6) is 0 Å². The van der Waals surface area contributed by atoms with Crippen LogP contribution in [0, 0.1) is 0 Å². The van der Waals surface area contributed by atoms with Crippen molar-refractivity contribution < 1.29 is 13.3 Å². The zero-order chi connectivity index (χ0) is 89.9. The van der Waals surface area contributed by atoms with E-state index in [2.05, 4.69) is 473 Å². The normalized spacial score (nSPS) is 11.9. The molecule has 28 aromatic rings. The van der Waals surface area contributed by atoms with E-state index < -0.39 is 0 Å². The molecule has 634 valence electrons. The van der Waals surface area contributed by atoms with Gasteiger partial charge >= 0.3 is 0 Å². The summed E-state index contributed by atoms with van der Waals surface area (Å²) in [6.07, 6.45) is 0. The number of para-hydroxylation sites is 3. The second-order valence-corrected chi connectivity index (χ2v) is 36.5. The van der Waals surface area contributed by atoms with E-state index in [1.54, 1.807) is 0 Å². The Morgan fingerprint density at radius 2 is 0.350 bits per heavy atom. The molecule has 0 radical (unpaired) electrons. The maximum atomic E-state index is 6.60. The van der Waals surface area contributed by atoms with Gasteiger partial charge in [0.05, 0.1) is 0 Å². The molecule has 137 heavy (non-hydrogen) atoms. The number of rotatable bonds is 13. The second-order valence-electron chi connectivity index (χ2n) is 36.5. The van der Waals surface area contributed by atoms with E-state index in [1.165, 1.54) is 153 Å². The van der Waals surface area contributed by atoms with Crippen molar-refractivity contribution in [1.82, 2.24) is 0 Å². The molecule has 0 aliphatic heterocycles. The molecule has 3 heteroatoms. The van der Waals surface area contributed by atoms with Crippen LogP contribution in [0.3, 0.4) is 0 Å². The van der Waals surface area contributed by atoms with E-state index in [4.69, 9.17) is 13.3 Å². The van der Waals surface area contributed by atoms with E-state index in [1.807, 2.05) is 12.1 Å². The van der Waals surface area contributed by atoms with Gasteiger partial charge in [-0.3, -0.25) is 0 Å². The molecule has 3 nitrogen and oxygen atoms in total. The van der Waals surface area contributed by atoms with Crippen molar-refractivity contribution in [2.75, 3.05) is 0 Å². The lowest BCUT2D eigenvalue weighted by Gasteiger charge is -2.21. The summed E-state index contributed by atoms with van der Waals surface area (Å²) >= 11 is 0. The zero-order valence-electron chi connectivity index (χ0n) is 74.4. The van der Waals surface area contributed by atoms with Crippen molar-refractivity contribution in [2.45, 2.75) is 0 Å². The first-order valence-electron chi connectivity index (χ1n) is 47.2. The van der Waals surface area contributed by atoms with Crippen LogP contribution in [0.2, 0.25) is 0 Å². The fourth-order valence-corrected chi connectivity index (χ4v) is 22.8. The van der Waals surface area contributed by atoms with Crippen LogP contribution in [0.4, 0.5) is 0 Å². The van der Waals surface area contributed by atoms with Gasteiger partial charge in [-0.1, -0.05) is 425 Å². The molecule has 3 heterocycles. The van der Waals surface area contributed by atoms with E-state index in [0.717, 1.165) is 144 Å². The summed E-state index contributed by atoms with van der Waals surface area (Å²) in [4.78, 5) is 0. The predicted molar refractivity (Wildman–Crippen MR) is 579 cm³/mol. The first kappa shape index (κ1) is 77.7. The molecule has 0 aliphatic carbocycles. The van der Waals surface area contributed by atoms with Crippen molar-refractivity contribution in [3.63, 3.8) is 0 Å². The maximum absolute atomic E-state index is 6.60. The summed E-state index contributed by atoms with van der Waals surface area (Å²) in [5.41, 5.74) is 35.7. The minimum Gasteiger partial charge on any atom is -0.456 e. The summed E-state index contributed by atoms with van der Waals surface area (Å²) < 4.78 is 19.6. The Bertz CT molecular complexity index is 9860. The van der Waals surface area contributed by atoms with Crippen LogP contribution < -0.4 is 0 Å². The van der Waals surface area contributed by atoms with Gasteiger partial charge in [0.1, 0.15) is 33.5 Å². The number of benzene rings is 25. The van der Waals surface area contributed by atoms with Gasteiger partial charge in [0.2, 0.25) is 0 Å². The Morgan fingerprint density at radius 1 is 0.102 bits per heavy atom. The third-order valence-electron chi connectivity index (χ3n) is 29.1. The van der Waals surface area contributed by atoms with E-state index in [-0.39, 0.29) is 0 Å². The maximum Gasteiger partial charge on any atom is 0.136 e. The minimum absolute atomic E-state index is 0.870. The van der Waals surface area contributed by atoms with Crippen molar-refractivity contribution in [2.24, 2.45) is 0 Å². The molecule has 0 bridgehead atoms. The Hall–Kier alpha value is -18.0. The highest BCUT2D eigenvalue weighted by Crippen LogP contribution is 2.54. The standard InChI is InChI=1S/C134H80O3/c1-2-23-81(24-3-1)83-49-60-89(61-50-83)126-104-29-8-10-31-106(104)128(117-78-94(69-72-111(117)126)99-38-20-44-123-132(99)114-35-14-17-41-120(114)135-123)91-64-53-85(54-65-91)84-47-58-88(59-48-84)98-75-76-110(103-28-7-6-27-102(98)103)131-109-34-13-12-33-108(109)129(119-80-96(71-74-113(119)131)101-40-22-46-125-134(101)116-37-16-19-43-122(116)137-125)92-66-55-87(56-67-92)86-51-62-90(63-52-86)127-105-30-9-11-32-107(105)130(97-68-57-82-25-4-5-26-93(82)77-97)118-79-95(70-73-112(118)127)100-39-21-45-124-133(100)115-36-15-18-42-121(115)136-124/h1-80H. The Balaban J connectivity index is 0.540. The molecule has 25 aromatic carbocycles. The number of hydrogen-bond donors (Lipinski definition) is 0. The van der Waals surface area contributed by atoms with Crippen molar-refractivity contribution in [1.29, 1.82) is 0 Å². The van der Waals surface area contributed by atoms with Crippen LogP contribution in [0.1, 0.15) is 0 Å². The molecular weight excluding hydrogens is 1660 g/mol. The largest absolute Gasteiger partial charge is 0.456 e. The van der Waals surface area contributed by atoms with Gasteiger partial charge in [-0.25, -0.2) is 0 Å². The summed E-state index contributed by atoms with van der Waals surface area (Å²) in [6, 6.07) is 179. The van der Waals surface area contributed by atoms with Crippen LogP contribution in [0.25, 0.3) is 297 Å². The highest BCUT2D eigenvalue weighted by molar-refractivity contribution is 6.28. The third-order valence-corrected chi connectivity index (χ3v) is 29.1. The first-order chi connectivity index (χ1) is 67.9. The average Bonchev–Trinajstić information content (AvgIpc) is 1.07. The topological polar surface area (TPSA) is 39.4 Å². The van der Waals surface area contributed by atoms with Crippen molar-refractivity contribution >= 4 is 152 Å². The summed E-state index contributed by atoms with van der Waals surface area (Å²) in [6.45, 7) is 0. The molecule has 0 atom stereocenters. The molecule has 0 aliphatic rings. The molecule has 0 spiro atoms. The summed E-state index contributed by atoms with van der Waals surface area (Å²) in [5, 5.41) is 25.8. The first-order valence-corrected chi connectivity index (χ1v) is 47.2. The third kappa shape index (κ3) is 12.6. The molecule has 3 aromatic heterocycles. The predicted octanol–water partition coefficient (Wildman–Crippen LogP) is 38.3. The number of hydrogen-bond acceptors (Lipinski definition) is 3. The number of fused-ring (bicyclic) bond motifs is 17. The lowest BCUT2D eigenvalue weighted by molar-refractivity contribution is 0.668. The van der Waals surface area contributed by atoms with E-state index in [0.29, 0.717) is 0 Å². The van der Waals surface area contributed by atoms with Gasteiger partial charge in [0.25, 0.3) is 0 Å². The van der Waals surface area contributed by atoms with Gasteiger partial charge in [0.15, 0.2) is 0 Å². The lowest BCUT2D eigenvalue weighted by Crippen LogP contribution is -1.93. The molecular formula is C134H80O3. The van der Waals surface area contributed by atoms with Gasteiger partial charge in [0, 0.05) is 32.3 Å². The smallest absolute Gasteiger partial charge is 0.136 e. The van der Waals surface area contributed by atoms with Gasteiger partial charge in [-0.2, -0.15) is 0 Å². The highest BCUT2D eigenvalue weighted by atomic mass is 16.3. The summed E-state index contributed by atoms with van der Waals surface area (Å²) in [5.74, 6) is 0.